The predicted molar refractivity (Wildman–Crippen MR) is 109 cm³/mol. The molecule has 0 unspecified atom stereocenters. The highest BCUT2D eigenvalue weighted by atomic mass is 32.2. The summed E-state index contributed by atoms with van der Waals surface area (Å²) in [6.45, 7) is 10.5. The van der Waals surface area contributed by atoms with Crippen LogP contribution in [0.25, 0.3) is 0 Å². The predicted octanol–water partition coefficient (Wildman–Crippen LogP) is 1.39. The van der Waals surface area contributed by atoms with Gasteiger partial charge in [-0.25, -0.2) is 13.2 Å². The first-order valence-electron chi connectivity index (χ1n) is 9.73. The third kappa shape index (κ3) is 4.24. The van der Waals surface area contributed by atoms with E-state index < -0.39 is 16.0 Å². The Hall–Kier alpha value is -2.16. The molecule has 7 nitrogen and oxygen atoms in total. The number of hydrogen-bond acceptors (Lipinski definition) is 5. The molecular formula is C21H29N2O5S+. The number of hydrogen-bond donors (Lipinski definition) is 1. The molecule has 1 saturated heterocycles. The van der Waals surface area contributed by atoms with Gasteiger partial charge in [0.05, 0.1) is 38.2 Å². The lowest BCUT2D eigenvalue weighted by molar-refractivity contribution is -0.918. The van der Waals surface area contributed by atoms with Crippen molar-refractivity contribution in [2.75, 3.05) is 33.3 Å². The second-order valence-electron chi connectivity index (χ2n) is 7.68. The Bertz CT molecular complexity index is 992. The van der Waals surface area contributed by atoms with Crippen LogP contribution in [-0.2, 0) is 21.3 Å². The number of nitrogens with zero attached hydrogens (tertiary/aromatic N) is 1. The number of aryl methyl sites for hydroxylation is 2. The van der Waals surface area contributed by atoms with Gasteiger partial charge in [-0.3, -0.25) is 0 Å². The minimum absolute atomic E-state index is 0.184. The molecule has 158 valence electrons. The van der Waals surface area contributed by atoms with Gasteiger partial charge in [-0.1, -0.05) is 6.07 Å². The fourth-order valence-electron chi connectivity index (χ4n) is 3.85. The summed E-state index contributed by atoms with van der Waals surface area (Å²) >= 11 is 0. The van der Waals surface area contributed by atoms with Crippen molar-refractivity contribution in [3.63, 3.8) is 0 Å². The van der Waals surface area contributed by atoms with Crippen molar-refractivity contribution >= 4 is 16.0 Å². The van der Waals surface area contributed by atoms with Crippen LogP contribution in [0.2, 0.25) is 0 Å². The number of carbonyl (C=O) groups is 1. The summed E-state index contributed by atoms with van der Waals surface area (Å²) < 4.78 is 38.5. The number of ether oxygens (including phenoxy) is 1. The largest absolute Gasteiger partial charge is 0.463 e. The summed E-state index contributed by atoms with van der Waals surface area (Å²) in [4.78, 5) is 13.2. The Morgan fingerprint density at radius 2 is 1.69 bits per heavy atom. The molecule has 1 aromatic carbocycles. The first kappa shape index (κ1) is 21.5. The van der Waals surface area contributed by atoms with Crippen LogP contribution in [0.4, 0.5) is 0 Å². The molecule has 0 bridgehead atoms. The third-order valence-corrected chi connectivity index (χ3v) is 7.97. The lowest BCUT2D eigenvalue weighted by Crippen LogP contribution is -3.13. The van der Waals surface area contributed by atoms with Gasteiger partial charge < -0.3 is 14.1 Å². The summed E-state index contributed by atoms with van der Waals surface area (Å²) in [7, 11) is -2.23. The maximum Gasteiger partial charge on any atom is 0.373 e. The van der Waals surface area contributed by atoms with E-state index in [1.54, 1.807) is 16.4 Å². The molecule has 1 aromatic heterocycles. The topological polar surface area (TPSA) is 81.3 Å². The van der Waals surface area contributed by atoms with E-state index in [2.05, 4.69) is 4.74 Å². The van der Waals surface area contributed by atoms with Crippen LogP contribution in [0.15, 0.2) is 27.5 Å². The zero-order valence-corrected chi connectivity index (χ0v) is 18.5. The molecule has 0 spiro atoms. The van der Waals surface area contributed by atoms with Gasteiger partial charge in [-0.05, 0) is 62.1 Å². The Morgan fingerprint density at radius 3 is 2.24 bits per heavy atom. The molecule has 2 heterocycles. The van der Waals surface area contributed by atoms with Crippen molar-refractivity contribution in [1.29, 1.82) is 0 Å². The van der Waals surface area contributed by atoms with E-state index >= 15 is 0 Å². The first-order valence-corrected chi connectivity index (χ1v) is 11.2. The maximum absolute atomic E-state index is 13.4. The summed E-state index contributed by atoms with van der Waals surface area (Å²) in [6.07, 6.45) is 0. The quantitative estimate of drug-likeness (QED) is 0.738. The monoisotopic (exact) mass is 421 g/mol. The van der Waals surface area contributed by atoms with Crippen LogP contribution in [-0.4, -0.2) is 52.0 Å². The lowest BCUT2D eigenvalue weighted by Gasteiger charge is -2.32. The van der Waals surface area contributed by atoms with Gasteiger partial charge in [-0.2, -0.15) is 4.31 Å². The van der Waals surface area contributed by atoms with Crippen molar-refractivity contribution in [3.05, 3.63) is 52.0 Å². The van der Waals surface area contributed by atoms with Crippen LogP contribution < -0.4 is 4.90 Å². The molecule has 0 saturated carbocycles. The molecule has 1 aliphatic heterocycles. The Kier molecular flexibility index (Phi) is 6.16. The molecule has 0 aliphatic carbocycles. The number of benzene rings is 1. The second kappa shape index (κ2) is 8.30. The SMILES string of the molecule is COC(=O)c1ccc(C[NH+]2CCN(S(=O)(=O)c3c(C)c(C)cc(C)c3C)CC2)o1. The van der Waals surface area contributed by atoms with Crippen molar-refractivity contribution in [2.45, 2.75) is 39.1 Å². The zero-order valence-electron chi connectivity index (χ0n) is 17.7. The second-order valence-corrected chi connectivity index (χ2v) is 9.55. The van der Waals surface area contributed by atoms with E-state index in [-0.39, 0.29) is 5.76 Å². The van der Waals surface area contributed by atoms with Crippen molar-refractivity contribution < 1.29 is 27.3 Å². The number of nitrogens with one attached hydrogen (secondary N) is 1. The normalized spacial score (nSPS) is 16.2. The Morgan fingerprint density at radius 1 is 1.10 bits per heavy atom. The molecule has 2 aromatic rings. The van der Waals surface area contributed by atoms with E-state index in [1.165, 1.54) is 12.0 Å². The minimum Gasteiger partial charge on any atom is -0.463 e. The Labute approximate surface area is 172 Å². The zero-order chi connectivity index (χ0) is 21.3. The van der Waals surface area contributed by atoms with Crippen LogP contribution in [0, 0.1) is 27.7 Å². The molecule has 0 amide bonds. The number of methoxy groups -OCH3 is 1. The van der Waals surface area contributed by atoms with Crippen molar-refractivity contribution in [2.24, 2.45) is 0 Å². The van der Waals surface area contributed by atoms with E-state index in [4.69, 9.17) is 4.42 Å². The molecule has 1 N–H and O–H groups in total. The molecule has 1 fully saturated rings. The number of esters is 1. The van der Waals surface area contributed by atoms with Crippen LogP contribution in [0.3, 0.4) is 0 Å². The van der Waals surface area contributed by atoms with E-state index in [1.807, 2.05) is 33.8 Å². The van der Waals surface area contributed by atoms with E-state index in [0.29, 0.717) is 43.4 Å². The molecule has 0 atom stereocenters. The minimum atomic E-state index is -3.54. The average Bonchev–Trinajstić information content (AvgIpc) is 3.15. The summed E-state index contributed by atoms with van der Waals surface area (Å²) in [5.41, 5.74) is 3.65. The number of carbonyl (C=O) groups excluding carboxylic acids is 1. The fourth-order valence-corrected chi connectivity index (χ4v) is 5.86. The first-order chi connectivity index (χ1) is 13.6. The number of sulfonamides is 1. The van der Waals surface area contributed by atoms with E-state index in [9.17, 15) is 13.2 Å². The number of quaternary nitrogens is 1. The molecule has 8 heteroatoms. The standard InChI is InChI=1S/C21H28N2O5S/c1-14-12-15(2)17(4)20(16(14)3)29(25,26)23-10-8-22(9-11-23)13-18-6-7-19(28-18)21(24)27-5/h6-7,12H,8-11,13H2,1-5H3/p+1. The highest BCUT2D eigenvalue weighted by Crippen LogP contribution is 2.28. The highest BCUT2D eigenvalue weighted by Gasteiger charge is 2.33. The number of rotatable bonds is 5. The van der Waals surface area contributed by atoms with Crippen LogP contribution >= 0.6 is 0 Å². The average molecular weight is 422 g/mol. The number of piperazine rings is 1. The van der Waals surface area contributed by atoms with Gasteiger partial charge in [0.15, 0.2) is 5.76 Å². The lowest BCUT2D eigenvalue weighted by atomic mass is 10.0. The van der Waals surface area contributed by atoms with Gasteiger partial charge >= 0.3 is 5.97 Å². The van der Waals surface area contributed by atoms with Gasteiger partial charge in [-0.15, -0.1) is 0 Å². The van der Waals surface area contributed by atoms with Crippen LogP contribution in [0.5, 0.6) is 0 Å². The highest BCUT2D eigenvalue weighted by molar-refractivity contribution is 7.89. The van der Waals surface area contributed by atoms with Gasteiger partial charge in [0.1, 0.15) is 6.54 Å². The van der Waals surface area contributed by atoms with Crippen molar-refractivity contribution in [3.8, 4) is 0 Å². The smallest absolute Gasteiger partial charge is 0.373 e. The molecule has 0 radical (unpaired) electrons. The number of furan rings is 1. The van der Waals surface area contributed by atoms with Crippen LogP contribution in [0.1, 0.15) is 38.6 Å². The molecule has 3 rings (SSSR count). The molecule has 1 aliphatic rings. The van der Waals surface area contributed by atoms with Gasteiger partial charge in [0.25, 0.3) is 0 Å². The fraction of sp³-hybridized carbons (Fsp3) is 0.476. The Balaban J connectivity index is 1.71. The summed E-state index contributed by atoms with van der Waals surface area (Å²) in [6, 6.07) is 5.41. The summed E-state index contributed by atoms with van der Waals surface area (Å²) in [5.74, 6) is 0.378. The van der Waals surface area contributed by atoms with Gasteiger partial charge in [0, 0.05) is 0 Å². The molecular weight excluding hydrogens is 392 g/mol. The van der Waals surface area contributed by atoms with Crippen molar-refractivity contribution in [1.82, 2.24) is 4.31 Å². The van der Waals surface area contributed by atoms with E-state index in [0.717, 1.165) is 22.3 Å². The summed E-state index contributed by atoms with van der Waals surface area (Å²) in [5, 5.41) is 0. The molecule has 29 heavy (non-hydrogen) atoms. The van der Waals surface area contributed by atoms with Gasteiger partial charge in [0.2, 0.25) is 15.8 Å². The maximum atomic E-state index is 13.4. The third-order valence-electron chi connectivity index (χ3n) is 5.80.